The predicted molar refractivity (Wildman–Crippen MR) is 58.7 cm³/mol. The van der Waals surface area contributed by atoms with Crippen molar-refractivity contribution in [2.24, 2.45) is 5.92 Å². The van der Waals surface area contributed by atoms with E-state index in [1.54, 1.807) is 6.07 Å². The van der Waals surface area contributed by atoms with Crippen molar-refractivity contribution < 1.29 is 8.78 Å². The molecular weight excluding hydrogens is 264 g/mol. The molecule has 1 unspecified atom stereocenters. The number of halogens is 3. The zero-order chi connectivity index (χ0) is 10.8. The number of benzene rings is 1. The smallest absolute Gasteiger partial charge is 0.173 e. The van der Waals surface area contributed by atoms with Gasteiger partial charge in [-0.15, -0.1) is 0 Å². The van der Waals surface area contributed by atoms with Crippen LogP contribution in [0, 0.1) is 17.6 Å². The van der Waals surface area contributed by atoms with Crippen LogP contribution in [0.3, 0.4) is 0 Å². The summed E-state index contributed by atoms with van der Waals surface area (Å²) >= 11 is 3.10. The van der Waals surface area contributed by atoms with Gasteiger partial charge in [0.1, 0.15) is 0 Å². The minimum Gasteiger partial charge on any atom is -0.316 e. The second-order valence-electron chi connectivity index (χ2n) is 3.90. The van der Waals surface area contributed by atoms with E-state index in [2.05, 4.69) is 21.2 Å². The van der Waals surface area contributed by atoms with Crippen LogP contribution < -0.4 is 5.32 Å². The van der Waals surface area contributed by atoms with Crippen molar-refractivity contribution in [2.75, 3.05) is 13.1 Å². The maximum Gasteiger partial charge on any atom is 0.173 e. The van der Waals surface area contributed by atoms with Crippen LogP contribution in [0.15, 0.2) is 16.6 Å². The van der Waals surface area contributed by atoms with Gasteiger partial charge in [0, 0.05) is 0 Å². The van der Waals surface area contributed by atoms with Gasteiger partial charge < -0.3 is 5.32 Å². The molecule has 0 saturated carbocycles. The van der Waals surface area contributed by atoms with E-state index in [4.69, 9.17) is 0 Å². The van der Waals surface area contributed by atoms with E-state index in [1.807, 2.05) is 0 Å². The molecule has 1 N–H and O–H groups in total. The first-order valence-corrected chi connectivity index (χ1v) is 5.81. The highest BCUT2D eigenvalue weighted by Crippen LogP contribution is 2.26. The molecule has 0 bridgehead atoms. The minimum absolute atomic E-state index is 0.273. The molecule has 0 amide bonds. The molecule has 1 fully saturated rings. The summed E-state index contributed by atoms with van der Waals surface area (Å²) in [5, 5.41) is 3.25. The molecule has 1 aliphatic rings. The third kappa shape index (κ3) is 2.37. The first kappa shape index (κ1) is 11.0. The lowest BCUT2D eigenvalue weighted by atomic mass is 9.98. The van der Waals surface area contributed by atoms with E-state index in [0.29, 0.717) is 5.92 Å². The summed E-state index contributed by atoms with van der Waals surface area (Å²) in [5.41, 5.74) is 0.850. The Morgan fingerprint density at radius 3 is 2.87 bits per heavy atom. The summed E-state index contributed by atoms with van der Waals surface area (Å²) in [6.45, 7) is 1.98. The van der Waals surface area contributed by atoms with E-state index >= 15 is 0 Å². The Balaban J connectivity index is 2.17. The first-order valence-electron chi connectivity index (χ1n) is 5.01. The highest BCUT2D eigenvalue weighted by molar-refractivity contribution is 9.10. The molecule has 1 aromatic rings. The van der Waals surface area contributed by atoms with Crippen LogP contribution in [-0.4, -0.2) is 13.1 Å². The van der Waals surface area contributed by atoms with E-state index in [-0.39, 0.29) is 4.47 Å². The maximum absolute atomic E-state index is 13.2. The summed E-state index contributed by atoms with van der Waals surface area (Å²) in [4.78, 5) is 0. The summed E-state index contributed by atoms with van der Waals surface area (Å²) in [5.74, 6) is -1.04. The van der Waals surface area contributed by atoms with Gasteiger partial charge in [0.15, 0.2) is 11.6 Å². The Morgan fingerprint density at radius 1 is 1.40 bits per heavy atom. The fourth-order valence-corrected chi connectivity index (χ4v) is 2.41. The lowest BCUT2D eigenvalue weighted by Crippen LogP contribution is -2.11. The predicted octanol–water partition coefficient (Wildman–Crippen LogP) is 2.88. The molecule has 82 valence electrons. The number of hydrogen-bond acceptors (Lipinski definition) is 1. The molecule has 0 aliphatic carbocycles. The number of rotatable bonds is 2. The Labute approximate surface area is 96.0 Å². The fourth-order valence-electron chi connectivity index (χ4n) is 1.92. The molecule has 0 radical (unpaired) electrons. The molecule has 1 aromatic carbocycles. The van der Waals surface area contributed by atoms with Crippen molar-refractivity contribution in [1.82, 2.24) is 5.32 Å². The van der Waals surface area contributed by atoms with Crippen molar-refractivity contribution in [3.8, 4) is 0 Å². The number of nitrogens with one attached hydrogen (secondary N) is 1. The zero-order valence-electron chi connectivity index (χ0n) is 8.19. The Bertz CT molecular complexity index is 362. The molecule has 4 heteroatoms. The quantitative estimate of drug-likeness (QED) is 0.819. The molecule has 1 nitrogen and oxygen atoms in total. The maximum atomic E-state index is 13.2. The van der Waals surface area contributed by atoms with E-state index < -0.39 is 11.6 Å². The summed E-state index contributed by atoms with van der Waals surface area (Å²) in [7, 11) is 0. The first-order chi connectivity index (χ1) is 7.18. The largest absolute Gasteiger partial charge is 0.316 e. The Hall–Kier alpha value is -0.480. The fraction of sp³-hybridized carbons (Fsp3) is 0.455. The summed E-state index contributed by atoms with van der Waals surface area (Å²) in [6, 6.07) is 2.85. The molecule has 1 atom stereocenters. The van der Waals surface area contributed by atoms with Crippen molar-refractivity contribution >= 4 is 15.9 Å². The normalized spacial score (nSPS) is 20.9. The van der Waals surface area contributed by atoms with Gasteiger partial charge in [-0.25, -0.2) is 8.78 Å². The molecule has 1 saturated heterocycles. The third-order valence-corrected chi connectivity index (χ3v) is 3.64. The van der Waals surface area contributed by atoms with Crippen LogP contribution >= 0.6 is 15.9 Å². The molecule has 0 spiro atoms. The van der Waals surface area contributed by atoms with Gasteiger partial charge in [0.05, 0.1) is 4.47 Å². The molecule has 1 heterocycles. The van der Waals surface area contributed by atoms with Crippen LogP contribution in [0.2, 0.25) is 0 Å². The molecule has 1 aliphatic heterocycles. The van der Waals surface area contributed by atoms with Crippen LogP contribution in [0.4, 0.5) is 8.78 Å². The van der Waals surface area contributed by atoms with Crippen LogP contribution in [0.1, 0.15) is 12.0 Å². The lowest BCUT2D eigenvalue weighted by molar-refractivity contribution is 0.498. The van der Waals surface area contributed by atoms with E-state index in [9.17, 15) is 8.78 Å². The SMILES string of the molecule is Fc1ccc(CC2CCNC2)c(Br)c1F. The second kappa shape index (κ2) is 4.58. The standard InChI is InChI=1S/C11H12BrF2N/c12-10-8(1-2-9(13)11(10)14)5-7-3-4-15-6-7/h1-2,7,15H,3-6H2. The van der Waals surface area contributed by atoms with Gasteiger partial charge in [-0.3, -0.25) is 0 Å². The van der Waals surface area contributed by atoms with Crippen molar-refractivity contribution in [3.05, 3.63) is 33.8 Å². The average Bonchev–Trinajstić information content (AvgIpc) is 2.72. The minimum atomic E-state index is -0.796. The van der Waals surface area contributed by atoms with Gasteiger partial charge in [-0.1, -0.05) is 6.07 Å². The lowest BCUT2D eigenvalue weighted by Gasteiger charge is -2.10. The summed E-state index contributed by atoms with van der Waals surface area (Å²) < 4.78 is 26.4. The Morgan fingerprint density at radius 2 is 2.20 bits per heavy atom. The van der Waals surface area contributed by atoms with Gasteiger partial charge in [0.25, 0.3) is 0 Å². The van der Waals surface area contributed by atoms with Crippen molar-refractivity contribution in [1.29, 1.82) is 0 Å². The van der Waals surface area contributed by atoms with E-state index in [1.165, 1.54) is 6.07 Å². The monoisotopic (exact) mass is 275 g/mol. The van der Waals surface area contributed by atoms with Crippen LogP contribution in [0.5, 0.6) is 0 Å². The third-order valence-electron chi connectivity index (χ3n) is 2.79. The molecule has 0 aromatic heterocycles. The zero-order valence-corrected chi connectivity index (χ0v) is 9.78. The Kier molecular flexibility index (Phi) is 3.36. The topological polar surface area (TPSA) is 12.0 Å². The van der Waals surface area contributed by atoms with Crippen LogP contribution in [-0.2, 0) is 6.42 Å². The van der Waals surface area contributed by atoms with Crippen molar-refractivity contribution in [2.45, 2.75) is 12.8 Å². The molecule has 15 heavy (non-hydrogen) atoms. The van der Waals surface area contributed by atoms with E-state index in [0.717, 1.165) is 31.5 Å². The van der Waals surface area contributed by atoms with Gasteiger partial charge >= 0.3 is 0 Å². The summed E-state index contributed by atoms with van der Waals surface area (Å²) in [6.07, 6.45) is 1.90. The number of hydrogen-bond donors (Lipinski definition) is 1. The van der Waals surface area contributed by atoms with Gasteiger partial charge in [-0.2, -0.15) is 0 Å². The molecule has 2 rings (SSSR count). The van der Waals surface area contributed by atoms with Gasteiger partial charge in [0.2, 0.25) is 0 Å². The van der Waals surface area contributed by atoms with Crippen LogP contribution in [0.25, 0.3) is 0 Å². The van der Waals surface area contributed by atoms with Gasteiger partial charge in [-0.05, 0) is 59.4 Å². The highest BCUT2D eigenvalue weighted by atomic mass is 79.9. The second-order valence-corrected chi connectivity index (χ2v) is 4.69. The highest BCUT2D eigenvalue weighted by Gasteiger charge is 2.18. The van der Waals surface area contributed by atoms with Crippen molar-refractivity contribution in [3.63, 3.8) is 0 Å². The average molecular weight is 276 g/mol. The molecular formula is C11H12BrF2N.